The molecule has 0 bridgehead atoms. The number of hydrogen-bond donors (Lipinski definition) is 2. The van der Waals surface area contributed by atoms with Gasteiger partial charge in [-0.1, -0.05) is 0 Å². The zero-order valence-electron chi connectivity index (χ0n) is 8.36. The first-order chi connectivity index (χ1) is 7.43. The van der Waals surface area contributed by atoms with Crippen LogP contribution in [-0.2, 0) is 6.42 Å². The van der Waals surface area contributed by atoms with Gasteiger partial charge in [0.2, 0.25) is 5.95 Å². The van der Waals surface area contributed by atoms with Gasteiger partial charge in [0, 0.05) is 17.3 Å². The van der Waals surface area contributed by atoms with Gasteiger partial charge in [-0.3, -0.25) is 0 Å². The highest BCUT2D eigenvalue weighted by atomic mass is 32.1. The summed E-state index contributed by atoms with van der Waals surface area (Å²) in [4.78, 5) is 8.83. The van der Waals surface area contributed by atoms with E-state index in [0.717, 1.165) is 5.95 Å². The number of hydrogen-bond acceptors (Lipinski definition) is 3. The minimum atomic E-state index is 0.436. The van der Waals surface area contributed by atoms with Crippen LogP contribution in [0.25, 0.3) is 0 Å². The molecule has 2 heterocycles. The van der Waals surface area contributed by atoms with Crippen molar-refractivity contribution in [2.45, 2.75) is 25.3 Å². The molecule has 1 aliphatic rings. The SMILES string of the molecule is c1c[nH]c(NC2CCCc3sccc32)n1. The molecule has 0 amide bonds. The molecule has 15 heavy (non-hydrogen) atoms. The van der Waals surface area contributed by atoms with Crippen molar-refractivity contribution in [2.24, 2.45) is 0 Å². The van der Waals surface area contributed by atoms with Crippen molar-refractivity contribution in [3.05, 3.63) is 34.3 Å². The number of aromatic amines is 1. The third-order valence-corrected chi connectivity index (χ3v) is 3.86. The van der Waals surface area contributed by atoms with E-state index in [1.807, 2.05) is 17.5 Å². The summed E-state index contributed by atoms with van der Waals surface area (Å²) in [6.07, 6.45) is 7.33. The van der Waals surface area contributed by atoms with Crippen LogP contribution in [0.4, 0.5) is 5.95 Å². The lowest BCUT2D eigenvalue weighted by molar-refractivity contribution is 0.605. The van der Waals surface area contributed by atoms with E-state index in [1.165, 1.54) is 29.7 Å². The first-order valence-corrected chi connectivity index (χ1v) is 6.13. The maximum atomic E-state index is 4.20. The predicted molar refractivity (Wildman–Crippen MR) is 62.2 cm³/mol. The number of H-pyrrole nitrogens is 1. The lowest BCUT2D eigenvalue weighted by Crippen LogP contribution is -2.16. The van der Waals surface area contributed by atoms with E-state index in [0.29, 0.717) is 6.04 Å². The fourth-order valence-electron chi connectivity index (χ4n) is 2.15. The molecule has 78 valence electrons. The molecule has 2 N–H and O–H groups in total. The van der Waals surface area contributed by atoms with E-state index in [4.69, 9.17) is 0 Å². The molecule has 0 aliphatic heterocycles. The van der Waals surface area contributed by atoms with Crippen LogP contribution in [0.2, 0.25) is 0 Å². The number of nitrogens with zero attached hydrogens (tertiary/aromatic N) is 1. The molecule has 0 saturated heterocycles. The normalized spacial score (nSPS) is 19.9. The van der Waals surface area contributed by atoms with E-state index in [1.54, 1.807) is 6.20 Å². The van der Waals surface area contributed by atoms with Crippen LogP contribution in [0.15, 0.2) is 23.8 Å². The molecule has 3 rings (SSSR count). The minimum absolute atomic E-state index is 0.436. The lowest BCUT2D eigenvalue weighted by Gasteiger charge is -2.23. The number of imidazole rings is 1. The van der Waals surface area contributed by atoms with Gasteiger partial charge >= 0.3 is 0 Å². The lowest BCUT2D eigenvalue weighted by atomic mass is 9.94. The number of aromatic nitrogens is 2. The Kier molecular flexibility index (Phi) is 2.21. The number of rotatable bonds is 2. The molecule has 0 radical (unpaired) electrons. The second-order valence-electron chi connectivity index (χ2n) is 3.83. The maximum Gasteiger partial charge on any atom is 0.200 e. The molecule has 1 atom stereocenters. The quantitative estimate of drug-likeness (QED) is 0.815. The van der Waals surface area contributed by atoms with Crippen molar-refractivity contribution >= 4 is 17.3 Å². The van der Waals surface area contributed by atoms with Gasteiger partial charge in [-0.25, -0.2) is 4.98 Å². The topological polar surface area (TPSA) is 40.7 Å². The van der Waals surface area contributed by atoms with Crippen LogP contribution in [0, 0.1) is 0 Å². The molecule has 0 spiro atoms. The first-order valence-electron chi connectivity index (χ1n) is 5.25. The van der Waals surface area contributed by atoms with Crippen LogP contribution in [-0.4, -0.2) is 9.97 Å². The number of anilines is 1. The van der Waals surface area contributed by atoms with Crippen LogP contribution < -0.4 is 5.32 Å². The Morgan fingerprint density at radius 1 is 1.53 bits per heavy atom. The summed E-state index contributed by atoms with van der Waals surface area (Å²) in [7, 11) is 0. The van der Waals surface area contributed by atoms with E-state index in [9.17, 15) is 0 Å². The average molecular weight is 219 g/mol. The summed E-state index contributed by atoms with van der Waals surface area (Å²) in [5.74, 6) is 0.874. The molecule has 3 nitrogen and oxygen atoms in total. The van der Waals surface area contributed by atoms with Crippen molar-refractivity contribution in [3.63, 3.8) is 0 Å². The van der Waals surface area contributed by atoms with Crippen LogP contribution in [0.1, 0.15) is 29.3 Å². The molecule has 1 aliphatic carbocycles. The molecule has 0 fully saturated rings. The first kappa shape index (κ1) is 8.97. The molecule has 2 aromatic heterocycles. The fourth-order valence-corrected chi connectivity index (χ4v) is 3.13. The number of thiophene rings is 1. The standard InChI is InChI=1S/C11H13N3S/c1-2-9(14-11-12-5-6-13-11)8-4-7-15-10(8)3-1/h4-7,9H,1-3H2,(H2,12,13,14). The van der Waals surface area contributed by atoms with Gasteiger partial charge in [-0.05, 0) is 36.3 Å². The predicted octanol–water partition coefficient (Wildman–Crippen LogP) is 2.96. The highest BCUT2D eigenvalue weighted by Gasteiger charge is 2.21. The molecule has 2 aromatic rings. The zero-order valence-corrected chi connectivity index (χ0v) is 9.18. The Hall–Kier alpha value is -1.29. The second-order valence-corrected chi connectivity index (χ2v) is 4.83. The molecule has 0 saturated carbocycles. The Morgan fingerprint density at radius 2 is 2.53 bits per heavy atom. The third-order valence-electron chi connectivity index (χ3n) is 2.86. The van der Waals surface area contributed by atoms with E-state index in [-0.39, 0.29) is 0 Å². The summed E-state index contributed by atoms with van der Waals surface area (Å²) in [6, 6.07) is 2.67. The summed E-state index contributed by atoms with van der Waals surface area (Å²) in [6.45, 7) is 0. The summed E-state index contributed by atoms with van der Waals surface area (Å²) < 4.78 is 0. The molecule has 1 unspecified atom stereocenters. The van der Waals surface area contributed by atoms with Crippen molar-refractivity contribution in [1.82, 2.24) is 9.97 Å². The van der Waals surface area contributed by atoms with Crippen LogP contribution in [0.5, 0.6) is 0 Å². The Bertz CT molecular complexity index is 432. The van der Waals surface area contributed by atoms with Gasteiger partial charge in [0.15, 0.2) is 0 Å². The van der Waals surface area contributed by atoms with Gasteiger partial charge < -0.3 is 10.3 Å². The zero-order chi connectivity index (χ0) is 10.1. The number of fused-ring (bicyclic) bond motifs is 1. The minimum Gasteiger partial charge on any atom is -0.349 e. The average Bonchev–Trinajstić information content (AvgIpc) is 2.87. The fraction of sp³-hybridized carbons (Fsp3) is 0.364. The van der Waals surface area contributed by atoms with Crippen LogP contribution in [0.3, 0.4) is 0 Å². The van der Waals surface area contributed by atoms with Gasteiger partial charge in [0.1, 0.15) is 0 Å². The van der Waals surface area contributed by atoms with E-state index < -0.39 is 0 Å². The second kappa shape index (κ2) is 3.70. The van der Waals surface area contributed by atoms with Gasteiger partial charge in [0.25, 0.3) is 0 Å². The Labute approximate surface area is 92.6 Å². The molecular weight excluding hydrogens is 206 g/mol. The monoisotopic (exact) mass is 219 g/mol. The molecule has 0 aromatic carbocycles. The smallest absolute Gasteiger partial charge is 0.200 e. The van der Waals surface area contributed by atoms with E-state index in [2.05, 4.69) is 26.7 Å². The largest absolute Gasteiger partial charge is 0.349 e. The molecule has 4 heteroatoms. The number of aryl methyl sites for hydroxylation is 1. The van der Waals surface area contributed by atoms with Gasteiger partial charge in [0.05, 0.1) is 6.04 Å². The van der Waals surface area contributed by atoms with Crippen molar-refractivity contribution < 1.29 is 0 Å². The third kappa shape index (κ3) is 1.65. The number of nitrogens with one attached hydrogen (secondary N) is 2. The highest BCUT2D eigenvalue weighted by Crippen LogP contribution is 2.34. The van der Waals surface area contributed by atoms with Crippen molar-refractivity contribution in [1.29, 1.82) is 0 Å². The Morgan fingerprint density at radius 3 is 3.40 bits per heavy atom. The summed E-state index contributed by atoms with van der Waals surface area (Å²) in [5, 5.41) is 5.63. The van der Waals surface area contributed by atoms with Crippen LogP contribution >= 0.6 is 11.3 Å². The Balaban J connectivity index is 1.84. The summed E-state index contributed by atoms with van der Waals surface area (Å²) in [5.41, 5.74) is 1.46. The summed E-state index contributed by atoms with van der Waals surface area (Å²) >= 11 is 1.87. The maximum absolute atomic E-state index is 4.20. The molecular formula is C11H13N3S. The van der Waals surface area contributed by atoms with Crippen molar-refractivity contribution in [3.8, 4) is 0 Å². The van der Waals surface area contributed by atoms with E-state index >= 15 is 0 Å². The highest BCUT2D eigenvalue weighted by molar-refractivity contribution is 7.10. The van der Waals surface area contributed by atoms with Gasteiger partial charge in [-0.2, -0.15) is 0 Å². The van der Waals surface area contributed by atoms with Gasteiger partial charge in [-0.15, -0.1) is 11.3 Å². The van der Waals surface area contributed by atoms with Crippen molar-refractivity contribution in [2.75, 3.05) is 5.32 Å².